The lowest BCUT2D eigenvalue weighted by Gasteiger charge is -2.21. The van der Waals surface area contributed by atoms with E-state index in [2.05, 4.69) is 11.9 Å². The number of esters is 1. The van der Waals surface area contributed by atoms with Gasteiger partial charge in [-0.15, -0.1) is 0 Å². The Labute approximate surface area is 135 Å². The van der Waals surface area contributed by atoms with Gasteiger partial charge in [-0.05, 0) is 37.6 Å². The lowest BCUT2D eigenvalue weighted by atomic mass is 10.1. The van der Waals surface area contributed by atoms with Crippen LogP contribution in [0.15, 0.2) is 29.3 Å². The summed E-state index contributed by atoms with van der Waals surface area (Å²) < 4.78 is 10.5. The standard InChI is InChI=1S/C16H21ClN2O3/c1-4-5-10-19-11(2)14(15(20)21-3)22-16(19)18-13-8-6-12(17)7-9-13/h6-9,11,14H,4-5,10H2,1-3H3/t11-,14-/m0/s1. The van der Waals surface area contributed by atoms with Gasteiger partial charge in [0.15, 0.2) is 0 Å². The molecule has 0 bridgehead atoms. The van der Waals surface area contributed by atoms with E-state index in [0.29, 0.717) is 11.0 Å². The van der Waals surface area contributed by atoms with Crippen LogP contribution in [-0.2, 0) is 14.3 Å². The van der Waals surface area contributed by atoms with Crippen LogP contribution in [0.3, 0.4) is 0 Å². The summed E-state index contributed by atoms with van der Waals surface area (Å²) in [5.41, 5.74) is 0.735. The van der Waals surface area contributed by atoms with E-state index in [0.717, 1.165) is 25.1 Å². The van der Waals surface area contributed by atoms with E-state index in [-0.39, 0.29) is 12.0 Å². The average molecular weight is 325 g/mol. The number of rotatable bonds is 5. The van der Waals surface area contributed by atoms with Crippen LogP contribution in [0.25, 0.3) is 0 Å². The molecule has 0 saturated carbocycles. The van der Waals surface area contributed by atoms with Gasteiger partial charge in [-0.2, -0.15) is 4.99 Å². The number of unbranched alkanes of at least 4 members (excludes halogenated alkanes) is 1. The average Bonchev–Trinajstić information content (AvgIpc) is 2.83. The zero-order chi connectivity index (χ0) is 16.1. The van der Waals surface area contributed by atoms with E-state index in [1.807, 2.05) is 24.0 Å². The predicted molar refractivity (Wildman–Crippen MR) is 86.5 cm³/mol. The minimum absolute atomic E-state index is 0.106. The molecule has 1 aromatic rings. The Hall–Kier alpha value is -1.75. The largest absolute Gasteiger partial charge is 0.466 e. The van der Waals surface area contributed by atoms with Crippen LogP contribution in [0.2, 0.25) is 5.02 Å². The fourth-order valence-corrected chi connectivity index (χ4v) is 2.45. The molecule has 120 valence electrons. The third-order valence-electron chi connectivity index (χ3n) is 3.65. The zero-order valence-electron chi connectivity index (χ0n) is 13.1. The monoisotopic (exact) mass is 324 g/mol. The maximum absolute atomic E-state index is 11.8. The SMILES string of the molecule is CCCCN1C(=Nc2ccc(Cl)cc2)O[C@H](C(=O)OC)[C@@H]1C. The van der Waals surface area contributed by atoms with Crippen LogP contribution < -0.4 is 0 Å². The molecule has 0 aromatic heterocycles. The molecule has 2 rings (SSSR count). The molecule has 0 unspecified atom stereocenters. The van der Waals surface area contributed by atoms with Crippen molar-refractivity contribution in [2.24, 2.45) is 4.99 Å². The highest BCUT2D eigenvalue weighted by Crippen LogP contribution is 2.24. The lowest BCUT2D eigenvalue weighted by Crippen LogP contribution is -2.38. The van der Waals surface area contributed by atoms with Crippen molar-refractivity contribution >= 4 is 29.3 Å². The highest BCUT2D eigenvalue weighted by atomic mass is 35.5. The summed E-state index contributed by atoms with van der Waals surface area (Å²) in [6.45, 7) is 4.86. The van der Waals surface area contributed by atoms with Crippen molar-refractivity contribution in [3.63, 3.8) is 0 Å². The van der Waals surface area contributed by atoms with E-state index >= 15 is 0 Å². The maximum Gasteiger partial charge on any atom is 0.349 e. The summed E-state index contributed by atoms with van der Waals surface area (Å²) in [5, 5.41) is 0.653. The summed E-state index contributed by atoms with van der Waals surface area (Å²) in [5.74, 6) is -0.379. The summed E-state index contributed by atoms with van der Waals surface area (Å²) >= 11 is 5.88. The van der Waals surface area contributed by atoms with Gasteiger partial charge < -0.3 is 14.4 Å². The minimum atomic E-state index is -0.645. The number of halogens is 1. The lowest BCUT2D eigenvalue weighted by molar-refractivity contribution is -0.149. The van der Waals surface area contributed by atoms with E-state index < -0.39 is 6.10 Å². The molecule has 22 heavy (non-hydrogen) atoms. The minimum Gasteiger partial charge on any atom is -0.466 e. The number of aliphatic imine (C=N–C) groups is 1. The molecule has 0 amide bonds. The van der Waals surface area contributed by atoms with Gasteiger partial charge in [-0.25, -0.2) is 4.79 Å². The zero-order valence-corrected chi connectivity index (χ0v) is 13.8. The Balaban J connectivity index is 2.25. The third-order valence-corrected chi connectivity index (χ3v) is 3.90. The molecule has 0 spiro atoms. The number of hydrogen-bond donors (Lipinski definition) is 0. The van der Waals surface area contributed by atoms with E-state index in [1.165, 1.54) is 7.11 Å². The fraction of sp³-hybridized carbons (Fsp3) is 0.500. The number of nitrogens with zero attached hydrogens (tertiary/aromatic N) is 2. The number of ether oxygens (including phenoxy) is 2. The molecule has 1 heterocycles. The second-order valence-corrected chi connectivity index (χ2v) is 5.66. The molecule has 6 heteroatoms. The molecule has 1 fully saturated rings. The summed E-state index contributed by atoms with van der Waals surface area (Å²) in [7, 11) is 1.36. The number of hydrogen-bond acceptors (Lipinski definition) is 4. The van der Waals surface area contributed by atoms with Gasteiger partial charge in [-0.3, -0.25) is 0 Å². The summed E-state index contributed by atoms with van der Waals surface area (Å²) in [6, 6.07) is 7.52. The Morgan fingerprint density at radius 2 is 2.09 bits per heavy atom. The van der Waals surface area contributed by atoms with Gasteiger partial charge in [0, 0.05) is 11.6 Å². The molecule has 1 saturated heterocycles. The van der Waals surface area contributed by atoms with Crippen molar-refractivity contribution < 1.29 is 14.3 Å². The van der Waals surface area contributed by atoms with Crippen molar-refractivity contribution in [2.45, 2.75) is 38.8 Å². The van der Waals surface area contributed by atoms with Gasteiger partial charge in [0.2, 0.25) is 6.10 Å². The maximum atomic E-state index is 11.8. The fourth-order valence-electron chi connectivity index (χ4n) is 2.32. The first-order chi connectivity index (χ1) is 10.6. The van der Waals surface area contributed by atoms with Gasteiger partial charge in [-0.1, -0.05) is 24.9 Å². The Morgan fingerprint density at radius 1 is 1.41 bits per heavy atom. The first kappa shape index (κ1) is 16.6. The molecule has 1 aliphatic rings. The van der Waals surface area contributed by atoms with Crippen molar-refractivity contribution in [3.05, 3.63) is 29.3 Å². The van der Waals surface area contributed by atoms with Gasteiger partial charge >= 0.3 is 5.97 Å². The van der Waals surface area contributed by atoms with Gasteiger partial charge in [0.25, 0.3) is 6.02 Å². The van der Waals surface area contributed by atoms with Crippen LogP contribution in [0.1, 0.15) is 26.7 Å². The van der Waals surface area contributed by atoms with Crippen LogP contribution in [0.5, 0.6) is 0 Å². The van der Waals surface area contributed by atoms with Crippen LogP contribution in [-0.4, -0.2) is 42.7 Å². The highest BCUT2D eigenvalue weighted by molar-refractivity contribution is 6.30. The highest BCUT2D eigenvalue weighted by Gasteiger charge is 2.42. The molecule has 1 aromatic carbocycles. The molecule has 5 nitrogen and oxygen atoms in total. The Kier molecular flexibility index (Phi) is 5.66. The third kappa shape index (κ3) is 3.71. The molecular formula is C16H21ClN2O3. The second-order valence-electron chi connectivity index (χ2n) is 5.22. The van der Waals surface area contributed by atoms with E-state index in [4.69, 9.17) is 21.1 Å². The quantitative estimate of drug-likeness (QED) is 0.779. The Morgan fingerprint density at radius 3 is 2.68 bits per heavy atom. The smallest absolute Gasteiger partial charge is 0.349 e. The van der Waals surface area contributed by atoms with Gasteiger partial charge in [0.05, 0.1) is 18.8 Å². The van der Waals surface area contributed by atoms with E-state index in [1.54, 1.807) is 12.1 Å². The topological polar surface area (TPSA) is 51.1 Å². The number of benzene rings is 1. The first-order valence-electron chi connectivity index (χ1n) is 7.42. The van der Waals surface area contributed by atoms with Crippen molar-refractivity contribution in [1.82, 2.24) is 4.90 Å². The summed E-state index contributed by atoms with van der Waals surface area (Å²) in [4.78, 5) is 18.4. The summed E-state index contributed by atoms with van der Waals surface area (Å²) in [6.07, 6.45) is 1.41. The van der Waals surface area contributed by atoms with Crippen molar-refractivity contribution in [3.8, 4) is 0 Å². The Bertz CT molecular complexity index is 545. The molecule has 0 N–H and O–H groups in total. The number of methoxy groups -OCH3 is 1. The van der Waals surface area contributed by atoms with Crippen LogP contribution in [0.4, 0.5) is 5.69 Å². The molecular weight excluding hydrogens is 304 g/mol. The second kappa shape index (κ2) is 7.49. The molecule has 2 atom stereocenters. The number of amidine groups is 1. The van der Waals surface area contributed by atoms with Crippen molar-refractivity contribution in [2.75, 3.05) is 13.7 Å². The van der Waals surface area contributed by atoms with E-state index in [9.17, 15) is 4.79 Å². The number of carbonyl (C=O) groups excluding carboxylic acids is 1. The normalized spacial score (nSPS) is 22.7. The van der Waals surface area contributed by atoms with Crippen molar-refractivity contribution in [1.29, 1.82) is 0 Å². The van der Waals surface area contributed by atoms with Crippen LogP contribution >= 0.6 is 11.6 Å². The molecule has 0 radical (unpaired) electrons. The molecule has 1 aliphatic heterocycles. The van der Waals surface area contributed by atoms with Crippen LogP contribution in [0, 0.1) is 0 Å². The first-order valence-corrected chi connectivity index (χ1v) is 7.80. The number of carbonyl (C=O) groups is 1. The van der Waals surface area contributed by atoms with Gasteiger partial charge in [0.1, 0.15) is 0 Å². The molecule has 0 aliphatic carbocycles. The predicted octanol–water partition coefficient (Wildman–Crippen LogP) is 3.39.